The van der Waals surface area contributed by atoms with Crippen molar-refractivity contribution in [3.8, 4) is 0 Å². The molecule has 0 heterocycles. The third-order valence-electron chi connectivity index (χ3n) is 3.11. The van der Waals surface area contributed by atoms with Crippen LogP contribution >= 0.6 is 11.6 Å². The summed E-state index contributed by atoms with van der Waals surface area (Å²) in [6, 6.07) is 6.48. The van der Waals surface area contributed by atoms with Crippen LogP contribution in [0.3, 0.4) is 0 Å². The summed E-state index contributed by atoms with van der Waals surface area (Å²) < 4.78 is 0. The molecule has 0 saturated heterocycles. The summed E-state index contributed by atoms with van der Waals surface area (Å²) in [5.74, 6) is 0. The predicted octanol–water partition coefficient (Wildman–Crippen LogP) is 2.40. The fourth-order valence-electron chi connectivity index (χ4n) is 1.95. The van der Waals surface area contributed by atoms with E-state index < -0.39 is 0 Å². The first-order valence-electron chi connectivity index (χ1n) is 6.41. The van der Waals surface area contributed by atoms with E-state index in [2.05, 4.69) is 18.3 Å². The van der Waals surface area contributed by atoms with Crippen LogP contribution in [0.4, 0.5) is 0 Å². The van der Waals surface area contributed by atoms with Crippen LogP contribution < -0.4 is 11.1 Å². The number of nitrogens with two attached hydrogens (primary N) is 1. The van der Waals surface area contributed by atoms with Gasteiger partial charge in [-0.25, -0.2) is 0 Å². The largest absolute Gasteiger partial charge is 0.396 e. The van der Waals surface area contributed by atoms with E-state index in [1.54, 1.807) is 0 Å². The van der Waals surface area contributed by atoms with E-state index in [4.69, 9.17) is 22.4 Å². The zero-order valence-corrected chi connectivity index (χ0v) is 11.9. The normalized spacial score (nSPS) is 14.5. The maximum absolute atomic E-state index is 8.82. The minimum absolute atomic E-state index is 0.108. The molecule has 0 spiro atoms. The van der Waals surface area contributed by atoms with E-state index in [-0.39, 0.29) is 12.6 Å². The van der Waals surface area contributed by atoms with Crippen molar-refractivity contribution in [1.82, 2.24) is 5.32 Å². The molecule has 4 N–H and O–H groups in total. The zero-order chi connectivity index (χ0) is 13.5. The number of benzene rings is 1. The Labute approximate surface area is 114 Å². The topological polar surface area (TPSA) is 58.3 Å². The molecule has 4 heteroatoms. The zero-order valence-electron chi connectivity index (χ0n) is 11.1. The van der Waals surface area contributed by atoms with Crippen molar-refractivity contribution in [1.29, 1.82) is 0 Å². The van der Waals surface area contributed by atoms with Crippen molar-refractivity contribution in [2.75, 3.05) is 13.2 Å². The van der Waals surface area contributed by atoms with E-state index in [0.29, 0.717) is 12.6 Å². The average molecular weight is 271 g/mol. The van der Waals surface area contributed by atoms with Gasteiger partial charge < -0.3 is 16.2 Å². The third-order valence-corrected chi connectivity index (χ3v) is 3.52. The molecule has 0 aliphatic heterocycles. The highest BCUT2D eigenvalue weighted by Crippen LogP contribution is 2.21. The fourth-order valence-corrected chi connectivity index (χ4v) is 2.14. The number of rotatable bonds is 7. The molecule has 0 aliphatic rings. The Morgan fingerprint density at radius 3 is 2.72 bits per heavy atom. The molecule has 1 rings (SSSR count). The van der Waals surface area contributed by atoms with Crippen LogP contribution in [0.5, 0.6) is 0 Å². The molecule has 2 unspecified atom stereocenters. The molecule has 102 valence electrons. The van der Waals surface area contributed by atoms with Gasteiger partial charge in [0.05, 0.1) is 0 Å². The van der Waals surface area contributed by atoms with Gasteiger partial charge in [-0.05, 0) is 43.9 Å². The van der Waals surface area contributed by atoms with Gasteiger partial charge in [-0.3, -0.25) is 0 Å². The number of aliphatic hydroxyl groups excluding tert-OH is 1. The highest BCUT2D eigenvalue weighted by Gasteiger charge is 2.13. The Morgan fingerprint density at radius 2 is 2.17 bits per heavy atom. The number of aryl methyl sites for hydroxylation is 1. The van der Waals surface area contributed by atoms with Gasteiger partial charge >= 0.3 is 0 Å². The maximum Gasteiger partial charge on any atom is 0.0447 e. The third kappa shape index (κ3) is 4.58. The lowest BCUT2D eigenvalue weighted by molar-refractivity contribution is 0.274. The second kappa shape index (κ2) is 7.74. The van der Waals surface area contributed by atoms with Crippen molar-refractivity contribution >= 4 is 11.6 Å². The standard InChI is InChI=1S/C14H23ClN2O/c1-10-5-6-12(8-13(10)15)14(9-16)17-11(2)4-3-7-18/h5-6,8,11,14,17-18H,3-4,7,9,16H2,1-2H3. The van der Waals surface area contributed by atoms with E-state index in [1.165, 1.54) is 0 Å². The van der Waals surface area contributed by atoms with Gasteiger partial charge in [0.15, 0.2) is 0 Å². The first kappa shape index (κ1) is 15.4. The highest BCUT2D eigenvalue weighted by molar-refractivity contribution is 6.31. The average Bonchev–Trinajstić information content (AvgIpc) is 2.37. The molecule has 0 radical (unpaired) electrons. The maximum atomic E-state index is 8.82. The lowest BCUT2D eigenvalue weighted by Gasteiger charge is -2.23. The molecule has 0 saturated carbocycles. The molecule has 1 aromatic carbocycles. The fraction of sp³-hybridized carbons (Fsp3) is 0.571. The molecular formula is C14H23ClN2O. The Morgan fingerprint density at radius 1 is 1.44 bits per heavy atom. The molecule has 0 amide bonds. The molecule has 1 aromatic rings. The minimum Gasteiger partial charge on any atom is -0.396 e. The van der Waals surface area contributed by atoms with Crippen molar-refractivity contribution in [3.05, 3.63) is 34.3 Å². The molecule has 0 aromatic heterocycles. The van der Waals surface area contributed by atoms with Gasteiger partial charge in [-0.1, -0.05) is 23.7 Å². The summed E-state index contributed by atoms with van der Waals surface area (Å²) >= 11 is 6.13. The van der Waals surface area contributed by atoms with Crippen LogP contribution in [0.2, 0.25) is 5.02 Å². The van der Waals surface area contributed by atoms with Crippen molar-refractivity contribution in [3.63, 3.8) is 0 Å². The summed E-state index contributed by atoms with van der Waals surface area (Å²) in [5, 5.41) is 13.1. The van der Waals surface area contributed by atoms with E-state index in [9.17, 15) is 0 Å². The molecule has 18 heavy (non-hydrogen) atoms. The summed E-state index contributed by atoms with van der Waals surface area (Å²) in [7, 11) is 0. The SMILES string of the molecule is Cc1ccc(C(CN)NC(C)CCCO)cc1Cl. The number of nitrogens with one attached hydrogen (secondary N) is 1. The molecule has 3 nitrogen and oxygen atoms in total. The van der Waals surface area contributed by atoms with Crippen LogP contribution in [0.25, 0.3) is 0 Å². The van der Waals surface area contributed by atoms with Crippen LogP contribution in [0.15, 0.2) is 18.2 Å². The second-order valence-electron chi connectivity index (χ2n) is 4.73. The van der Waals surface area contributed by atoms with Crippen LogP contribution in [-0.4, -0.2) is 24.3 Å². The summed E-state index contributed by atoms with van der Waals surface area (Å²) in [4.78, 5) is 0. The van der Waals surface area contributed by atoms with E-state index in [0.717, 1.165) is 29.0 Å². The summed E-state index contributed by atoms with van der Waals surface area (Å²) in [6.45, 7) is 4.85. The lowest BCUT2D eigenvalue weighted by atomic mass is 10.0. The quantitative estimate of drug-likeness (QED) is 0.713. The summed E-state index contributed by atoms with van der Waals surface area (Å²) in [6.07, 6.45) is 1.74. The van der Waals surface area contributed by atoms with E-state index in [1.807, 2.05) is 19.1 Å². The summed E-state index contributed by atoms with van der Waals surface area (Å²) in [5.41, 5.74) is 8.00. The predicted molar refractivity (Wildman–Crippen MR) is 76.9 cm³/mol. The Balaban J connectivity index is 2.67. The minimum atomic E-state index is 0.108. The Bertz CT molecular complexity index is 371. The lowest BCUT2D eigenvalue weighted by Crippen LogP contribution is -2.35. The number of aliphatic hydroxyl groups is 1. The monoisotopic (exact) mass is 270 g/mol. The highest BCUT2D eigenvalue weighted by atomic mass is 35.5. The van der Waals surface area contributed by atoms with Gasteiger partial charge in [0.1, 0.15) is 0 Å². The van der Waals surface area contributed by atoms with Gasteiger partial charge in [0, 0.05) is 30.3 Å². The van der Waals surface area contributed by atoms with Gasteiger partial charge in [0.25, 0.3) is 0 Å². The first-order chi connectivity index (χ1) is 8.58. The number of halogens is 1. The van der Waals surface area contributed by atoms with E-state index >= 15 is 0 Å². The first-order valence-corrected chi connectivity index (χ1v) is 6.79. The molecule has 0 aliphatic carbocycles. The van der Waals surface area contributed by atoms with Gasteiger partial charge in [-0.2, -0.15) is 0 Å². The van der Waals surface area contributed by atoms with Gasteiger partial charge in [-0.15, -0.1) is 0 Å². The smallest absolute Gasteiger partial charge is 0.0447 e. The molecule has 0 bridgehead atoms. The number of hydrogen-bond acceptors (Lipinski definition) is 3. The molecule has 0 fully saturated rings. The van der Waals surface area contributed by atoms with Crippen LogP contribution in [0, 0.1) is 6.92 Å². The molecular weight excluding hydrogens is 248 g/mol. The van der Waals surface area contributed by atoms with Crippen LogP contribution in [0.1, 0.15) is 36.9 Å². The van der Waals surface area contributed by atoms with Crippen molar-refractivity contribution in [2.24, 2.45) is 5.73 Å². The molecule has 2 atom stereocenters. The number of hydrogen-bond donors (Lipinski definition) is 3. The van der Waals surface area contributed by atoms with Crippen LogP contribution in [-0.2, 0) is 0 Å². The Hall–Kier alpha value is -0.610. The van der Waals surface area contributed by atoms with Crippen molar-refractivity contribution < 1.29 is 5.11 Å². The van der Waals surface area contributed by atoms with Gasteiger partial charge in [0.2, 0.25) is 0 Å². The van der Waals surface area contributed by atoms with Crippen molar-refractivity contribution in [2.45, 2.75) is 38.8 Å². The Kier molecular flexibility index (Phi) is 6.65. The second-order valence-corrected chi connectivity index (χ2v) is 5.14.